The average molecular weight is 438 g/mol. The number of pyridine rings is 1. The van der Waals surface area contributed by atoms with E-state index >= 15 is 0 Å². The van der Waals surface area contributed by atoms with Crippen LogP contribution in [-0.4, -0.2) is 50.8 Å². The number of carboxylic acid groups (broad SMARTS) is 1. The number of nitrogens with one attached hydrogen (secondary N) is 2. The van der Waals surface area contributed by atoms with Gasteiger partial charge in [0, 0.05) is 6.54 Å². The van der Waals surface area contributed by atoms with Crippen LogP contribution in [0.25, 0.3) is 5.69 Å². The van der Waals surface area contributed by atoms with E-state index in [2.05, 4.69) is 5.32 Å². The molecule has 0 fully saturated rings. The standard InChI is InChI=1S/C19H20ClN3O7/c1-9(2)7-21-16(27)13-15(26)14(17(28)22-8-12(24)25)19(30)23(18(13)29)11-6-4-3-5-10(11)20/h3-6,9,26,30H,7-8H2,1-2H3,(H,21,27)(H,22,28)(H,24,25). The third kappa shape index (κ3) is 4.71. The number of carbonyl (C=O) groups is 3. The van der Waals surface area contributed by atoms with E-state index in [0.29, 0.717) is 4.57 Å². The van der Waals surface area contributed by atoms with Crippen molar-refractivity contribution in [3.8, 4) is 17.3 Å². The molecule has 2 rings (SSSR count). The van der Waals surface area contributed by atoms with Gasteiger partial charge in [-0.15, -0.1) is 0 Å². The van der Waals surface area contributed by atoms with E-state index in [1.165, 1.54) is 18.2 Å². The van der Waals surface area contributed by atoms with Crippen LogP contribution < -0.4 is 16.2 Å². The fourth-order valence-corrected chi connectivity index (χ4v) is 2.77. The number of aromatic hydroxyl groups is 2. The smallest absolute Gasteiger partial charge is 0.322 e. The molecule has 1 aromatic carbocycles. The van der Waals surface area contributed by atoms with Gasteiger partial charge in [-0.2, -0.15) is 0 Å². The van der Waals surface area contributed by atoms with Crippen LogP contribution in [0.3, 0.4) is 0 Å². The van der Waals surface area contributed by atoms with E-state index in [-0.39, 0.29) is 23.2 Å². The van der Waals surface area contributed by atoms with Gasteiger partial charge in [0.1, 0.15) is 17.7 Å². The maximum atomic E-state index is 13.0. The number of carboxylic acids is 1. The van der Waals surface area contributed by atoms with Crippen molar-refractivity contribution in [2.24, 2.45) is 5.92 Å². The van der Waals surface area contributed by atoms with E-state index in [1.807, 2.05) is 19.2 Å². The predicted molar refractivity (Wildman–Crippen MR) is 108 cm³/mol. The van der Waals surface area contributed by atoms with E-state index in [0.717, 1.165) is 0 Å². The predicted octanol–water partition coefficient (Wildman–Crippen LogP) is 1.10. The van der Waals surface area contributed by atoms with Crippen LogP contribution in [0.4, 0.5) is 0 Å². The van der Waals surface area contributed by atoms with Gasteiger partial charge in [0.15, 0.2) is 5.75 Å². The van der Waals surface area contributed by atoms with Crippen molar-refractivity contribution in [1.82, 2.24) is 15.2 Å². The number of benzene rings is 1. The Morgan fingerprint density at radius 3 is 2.23 bits per heavy atom. The molecule has 1 heterocycles. The zero-order valence-corrected chi connectivity index (χ0v) is 16.9. The van der Waals surface area contributed by atoms with Gasteiger partial charge in [0.2, 0.25) is 5.88 Å². The summed E-state index contributed by atoms with van der Waals surface area (Å²) in [7, 11) is 0. The largest absolute Gasteiger partial charge is 0.506 e. The van der Waals surface area contributed by atoms with Crippen molar-refractivity contribution in [3.63, 3.8) is 0 Å². The highest BCUT2D eigenvalue weighted by molar-refractivity contribution is 6.32. The quantitative estimate of drug-likeness (QED) is 0.433. The Bertz CT molecular complexity index is 1060. The van der Waals surface area contributed by atoms with E-state index in [1.54, 1.807) is 6.07 Å². The zero-order valence-electron chi connectivity index (χ0n) is 16.1. The lowest BCUT2D eigenvalue weighted by Gasteiger charge is -2.17. The summed E-state index contributed by atoms with van der Waals surface area (Å²) in [6.45, 7) is 2.97. The topological polar surface area (TPSA) is 158 Å². The lowest BCUT2D eigenvalue weighted by molar-refractivity contribution is -0.135. The molecule has 0 spiro atoms. The summed E-state index contributed by atoms with van der Waals surface area (Å²) in [5.74, 6) is -5.61. The van der Waals surface area contributed by atoms with Crippen LogP contribution in [-0.2, 0) is 4.79 Å². The summed E-state index contributed by atoms with van der Waals surface area (Å²) >= 11 is 6.10. The second-order valence-corrected chi connectivity index (χ2v) is 7.10. The normalized spacial score (nSPS) is 10.7. The van der Waals surface area contributed by atoms with Gasteiger partial charge in [-0.05, 0) is 18.1 Å². The Morgan fingerprint density at radius 2 is 1.67 bits per heavy atom. The number of para-hydroxylation sites is 1. The highest BCUT2D eigenvalue weighted by Gasteiger charge is 2.31. The molecule has 0 radical (unpaired) electrons. The van der Waals surface area contributed by atoms with Crippen molar-refractivity contribution >= 4 is 29.4 Å². The van der Waals surface area contributed by atoms with Gasteiger partial charge in [0.25, 0.3) is 17.4 Å². The maximum absolute atomic E-state index is 13.0. The monoisotopic (exact) mass is 437 g/mol. The molecule has 2 amide bonds. The molecule has 0 aliphatic carbocycles. The van der Waals surface area contributed by atoms with Gasteiger partial charge < -0.3 is 26.0 Å². The minimum absolute atomic E-state index is 0.0195. The Kier molecular flexibility index (Phi) is 7.06. The van der Waals surface area contributed by atoms with Gasteiger partial charge in [-0.25, -0.2) is 4.57 Å². The molecule has 0 aliphatic heterocycles. The van der Waals surface area contributed by atoms with Crippen LogP contribution >= 0.6 is 11.6 Å². The van der Waals surface area contributed by atoms with Crippen LogP contribution in [0.1, 0.15) is 34.6 Å². The summed E-state index contributed by atoms with van der Waals surface area (Å²) in [5, 5.41) is 34.3. The summed E-state index contributed by atoms with van der Waals surface area (Å²) in [6.07, 6.45) is 0. The Hall–Kier alpha value is -3.53. The minimum Gasteiger partial charge on any atom is -0.506 e. The van der Waals surface area contributed by atoms with Gasteiger partial charge in [-0.3, -0.25) is 19.2 Å². The fourth-order valence-electron chi connectivity index (χ4n) is 2.55. The van der Waals surface area contributed by atoms with E-state index in [4.69, 9.17) is 16.7 Å². The molecule has 0 atom stereocenters. The molecule has 0 aliphatic rings. The van der Waals surface area contributed by atoms with Gasteiger partial charge in [-0.1, -0.05) is 37.6 Å². The number of nitrogens with zero attached hydrogens (tertiary/aromatic N) is 1. The highest BCUT2D eigenvalue weighted by atomic mass is 35.5. The Labute approximate surface area is 175 Å². The van der Waals surface area contributed by atoms with Crippen molar-refractivity contribution in [3.05, 3.63) is 50.8 Å². The van der Waals surface area contributed by atoms with Gasteiger partial charge >= 0.3 is 5.97 Å². The molecule has 0 bridgehead atoms. The number of hydrogen-bond acceptors (Lipinski definition) is 6. The first-order valence-electron chi connectivity index (χ1n) is 8.80. The maximum Gasteiger partial charge on any atom is 0.322 e. The molecular formula is C19H20ClN3O7. The molecule has 5 N–H and O–H groups in total. The van der Waals surface area contributed by atoms with Crippen molar-refractivity contribution in [1.29, 1.82) is 0 Å². The van der Waals surface area contributed by atoms with Crippen molar-refractivity contribution in [2.75, 3.05) is 13.1 Å². The second-order valence-electron chi connectivity index (χ2n) is 6.69. The van der Waals surface area contributed by atoms with Crippen LogP contribution in [0, 0.1) is 5.92 Å². The summed E-state index contributed by atoms with van der Waals surface area (Å²) in [4.78, 5) is 48.8. The number of hydrogen-bond donors (Lipinski definition) is 5. The number of rotatable bonds is 7. The number of amides is 2. The highest BCUT2D eigenvalue weighted by Crippen LogP contribution is 2.32. The third-order valence-electron chi connectivity index (χ3n) is 3.94. The van der Waals surface area contributed by atoms with Gasteiger partial charge in [0.05, 0.1) is 10.7 Å². The SMILES string of the molecule is CC(C)CNC(=O)c1c(O)c(C(=O)NCC(=O)O)c(O)n(-c2ccccc2Cl)c1=O. The summed E-state index contributed by atoms with van der Waals surface area (Å²) in [5.41, 5.74) is -2.81. The van der Waals surface area contributed by atoms with Crippen LogP contribution in [0.5, 0.6) is 11.6 Å². The lowest BCUT2D eigenvalue weighted by atomic mass is 10.1. The molecule has 11 heteroatoms. The first kappa shape index (κ1) is 22.8. The van der Waals surface area contributed by atoms with Crippen molar-refractivity contribution < 1.29 is 29.7 Å². The van der Waals surface area contributed by atoms with Crippen LogP contribution in [0.2, 0.25) is 5.02 Å². The first-order valence-corrected chi connectivity index (χ1v) is 9.18. The van der Waals surface area contributed by atoms with E-state index in [9.17, 15) is 29.4 Å². The molecule has 160 valence electrons. The summed E-state index contributed by atoms with van der Waals surface area (Å²) in [6, 6.07) is 5.83. The van der Waals surface area contributed by atoms with Crippen molar-refractivity contribution in [2.45, 2.75) is 13.8 Å². The van der Waals surface area contributed by atoms with Crippen LogP contribution in [0.15, 0.2) is 29.1 Å². The molecule has 30 heavy (non-hydrogen) atoms. The molecule has 0 unspecified atom stereocenters. The zero-order chi connectivity index (χ0) is 22.6. The number of carbonyl (C=O) groups excluding carboxylic acids is 2. The fraction of sp³-hybridized carbons (Fsp3) is 0.263. The Morgan fingerprint density at radius 1 is 1.07 bits per heavy atom. The first-order chi connectivity index (χ1) is 14.1. The molecule has 0 saturated heterocycles. The van der Waals surface area contributed by atoms with E-state index < -0.39 is 52.6 Å². The number of aliphatic carboxylic acids is 1. The third-order valence-corrected chi connectivity index (χ3v) is 4.26. The molecule has 0 saturated carbocycles. The Balaban J connectivity index is 2.77. The number of halogens is 1. The lowest BCUT2D eigenvalue weighted by Crippen LogP contribution is -2.37. The average Bonchev–Trinajstić information content (AvgIpc) is 2.66. The molecule has 1 aromatic heterocycles. The molecular weight excluding hydrogens is 418 g/mol. The molecule has 2 aromatic rings. The minimum atomic E-state index is -1.38. The second kappa shape index (κ2) is 9.31. The molecule has 10 nitrogen and oxygen atoms in total. The summed E-state index contributed by atoms with van der Waals surface area (Å²) < 4.78 is 0.599. The number of aromatic nitrogens is 1.